The minimum absolute atomic E-state index is 0.182. The monoisotopic (exact) mass is 301 g/mol. The molecular formula is C12H20BrN3O. The van der Waals surface area contributed by atoms with E-state index in [0.717, 1.165) is 35.8 Å². The number of anilines is 1. The molecule has 0 unspecified atom stereocenters. The zero-order valence-electron chi connectivity index (χ0n) is 10.9. The van der Waals surface area contributed by atoms with Crippen molar-refractivity contribution in [3.05, 3.63) is 16.5 Å². The van der Waals surface area contributed by atoms with Crippen LogP contribution in [-0.4, -0.2) is 30.2 Å². The van der Waals surface area contributed by atoms with Crippen LogP contribution in [0.25, 0.3) is 0 Å². The summed E-state index contributed by atoms with van der Waals surface area (Å²) >= 11 is 3.36. The quantitative estimate of drug-likeness (QED) is 0.821. The van der Waals surface area contributed by atoms with Crippen molar-refractivity contribution in [2.24, 2.45) is 5.41 Å². The molecule has 1 aromatic heterocycles. The molecule has 1 N–H and O–H groups in total. The van der Waals surface area contributed by atoms with E-state index in [1.165, 1.54) is 0 Å². The molecule has 0 amide bonds. The molecule has 0 aliphatic carbocycles. The number of hydrogen-bond donors (Lipinski definition) is 1. The summed E-state index contributed by atoms with van der Waals surface area (Å²) in [6.07, 6.45) is 1.02. The highest BCUT2D eigenvalue weighted by Crippen LogP contribution is 2.21. The van der Waals surface area contributed by atoms with Gasteiger partial charge in [0.1, 0.15) is 16.2 Å². The van der Waals surface area contributed by atoms with Crippen LogP contribution < -0.4 is 5.32 Å². The van der Waals surface area contributed by atoms with Crippen molar-refractivity contribution in [3.63, 3.8) is 0 Å². The number of methoxy groups -OCH3 is 1. The lowest BCUT2D eigenvalue weighted by Crippen LogP contribution is -2.25. The summed E-state index contributed by atoms with van der Waals surface area (Å²) in [4.78, 5) is 8.51. The fourth-order valence-electron chi connectivity index (χ4n) is 1.42. The van der Waals surface area contributed by atoms with Gasteiger partial charge in [0.05, 0.1) is 0 Å². The summed E-state index contributed by atoms with van der Waals surface area (Å²) in [5, 5.41) is 3.34. The Balaban J connectivity index is 2.54. The minimum atomic E-state index is 0.182. The normalized spacial score (nSPS) is 11.6. The van der Waals surface area contributed by atoms with Crippen molar-refractivity contribution in [3.8, 4) is 0 Å². The number of aromatic nitrogens is 2. The van der Waals surface area contributed by atoms with Crippen molar-refractivity contribution >= 4 is 21.7 Å². The van der Waals surface area contributed by atoms with E-state index in [1.54, 1.807) is 7.11 Å². The van der Waals surface area contributed by atoms with Gasteiger partial charge in [-0.15, -0.1) is 0 Å². The molecule has 96 valence electrons. The molecule has 4 nitrogen and oxygen atoms in total. The Morgan fingerprint density at radius 1 is 1.41 bits per heavy atom. The third kappa shape index (κ3) is 5.46. The standard InChI is InChI=1S/C12H20BrN3O/c1-9-15-10(13)7-11(16-9)14-8-12(2,3)5-6-17-4/h7H,5-6,8H2,1-4H3,(H,14,15,16). The summed E-state index contributed by atoms with van der Waals surface area (Å²) in [6, 6.07) is 1.89. The van der Waals surface area contributed by atoms with Crippen LogP contribution in [0.15, 0.2) is 10.7 Å². The van der Waals surface area contributed by atoms with Crippen molar-refractivity contribution < 1.29 is 4.74 Å². The fourth-order valence-corrected chi connectivity index (χ4v) is 1.89. The van der Waals surface area contributed by atoms with Crippen molar-refractivity contribution in [2.45, 2.75) is 27.2 Å². The SMILES string of the molecule is COCCC(C)(C)CNc1cc(Br)nc(C)n1. The highest BCUT2D eigenvalue weighted by molar-refractivity contribution is 9.10. The molecule has 1 rings (SSSR count). The van der Waals surface area contributed by atoms with Gasteiger partial charge in [-0.3, -0.25) is 0 Å². The van der Waals surface area contributed by atoms with Crippen molar-refractivity contribution in [2.75, 3.05) is 25.6 Å². The number of ether oxygens (including phenoxy) is 1. The lowest BCUT2D eigenvalue weighted by molar-refractivity contribution is 0.157. The molecule has 17 heavy (non-hydrogen) atoms. The van der Waals surface area contributed by atoms with Gasteiger partial charge < -0.3 is 10.1 Å². The van der Waals surface area contributed by atoms with Crippen LogP contribution in [0.3, 0.4) is 0 Å². The van der Waals surface area contributed by atoms with Gasteiger partial charge in [0.2, 0.25) is 0 Å². The van der Waals surface area contributed by atoms with Gasteiger partial charge in [0, 0.05) is 26.3 Å². The smallest absolute Gasteiger partial charge is 0.130 e. The molecule has 0 bridgehead atoms. The van der Waals surface area contributed by atoms with E-state index in [9.17, 15) is 0 Å². The highest BCUT2D eigenvalue weighted by atomic mass is 79.9. The van der Waals surface area contributed by atoms with E-state index in [2.05, 4.69) is 45.1 Å². The van der Waals surface area contributed by atoms with Crippen LogP contribution in [0, 0.1) is 12.3 Å². The lowest BCUT2D eigenvalue weighted by atomic mass is 9.90. The zero-order valence-corrected chi connectivity index (χ0v) is 12.5. The van der Waals surface area contributed by atoms with Crippen molar-refractivity contribution in [1.29, 1.82) is 0 Å². The summed E-state index contributed by atoms with van der Waals surface area (Å²) in [7, 11) is 1.73. The molecule has 0 aliphatic heterocycles. The Bertz CT molecular complexity index is 349. The van der Waals surface area contributed by atoms with Crippen LogP contribution in [0.2, 0.25) is 0 Å². The van der Waals surface area contributed by atoms with Gasteiger partial charge in [0.15, 0.2) is 0 Å². The van der Waals surface area contributed by atoms with E-state index in [1.807, 2.05) is 13.0 Å². The first-order valence-electron chi connectivity index (χ1n) is 5.67. The molecule has 1 heterocycles. The Morgan fingerprint density at radius 2 is 2.12 bits per heavy atom. The Morgan fingerprint density at radius 3 is 2.71 bits per heavy atom. The molecule has 0 aromatic carbocycles. The van der Waals surface area contributed by atoms with Crippen LogP contribution in [0.1, 0.15) is 26.1 Å². The van der Waals surface area contributed by atoms with Crippen molar-refractivity contribution in [1.82, 2.24) is 9.97 Å². The predicted molar refractivity (Wildman–Crippen MR) is 73.2 cm³/mol. The highest BCUT2D eigenvalue weighted by Gasteiger charge is 2.17. The fraction of sp³-hybridized carbons (Fsp3) is 0.667. The average Bonchev–Trinajstić information content (AvgIpc) is 2.23. The molecule has 0 spiro atoms. The third-order valence-corrected chi connectivity index (χ3v) is 2.94. The summed E-state index contributed by atoms with van der Waals surface area (Å²) in [6.45, 7) is 7.94. The first-order valence-corrected chi connectivity index (χ1v) is 6.46. The van der Waals surface area contributed by atoms with E-state index < -0.39 is 0 Å². The average molecular weight is 302 g/mol. The van der Waals surface area contributed by atoms with E-state index in [0.29, 0.717) is 0 Å². The maximum Gasteiger partial charge on any atom is 0.130 e. The van der Waals surface area contributed by atoms with E-state index in [-0.39, 0.29) is 5.41 Å². The van der Waals surface area contributed by atoms with Gasteiger partial charge in [-0.25, -0.2) is 9.97 Å². The first kappa shape index (κ1) is 14.4. The molecular weight excluding hydrogens is 282 g/mol. The molecule has 5 heteroatoms. The number of halogens is 1. The van der Waals surface area contributed by atoms with Gasteiger partial charge in [-0.05, 0) is 34.7 Å². The number of aryl methyl sites for hydroxylation is 1. The molecule has 0 atom stereocenters. The number of nitrogens with zero attached hydrogens (tertiary/aromatic N) is 2. The maximum atomic E-state index is 5.11. The number of nitrogens with one attached hydrogen (secondary N) is 1. The maximum absolute atomic E-state index is 5.11. The molecule has 0 fully saturated rings. The van der Waals surface area contributed by atoms with Crippen LogP contribution in [0.5, 0.6) is 0 Å². The van der Waals surface area contributed by atoms with Gasteiger partial charge in [-0.2, -0.15) is 0 Å². The third-order valence-electron chi connectivity index (χ3n) is 2.54. The second-order valence-electron chi connectivity index (χ2n) is 4.88. The first-order chi connectivity index (χ1) is 7.93. The minimum Gasteiger partial charge on any atom is -0.385 e. The van der Waals surface area contributed by atoms with E-state index in [4.69, 9.17) is 4.74 Å². The van der Waals surface area contributed by atoms with Gasteiger partial charge in [0.25, 0.3) is 0 Å². The predicted octanol–water partition coefficient (Wildman–Crippen LogP) is 3.02. The van der Waals surface area contributed by atoms with Crippen LogP contribution in [-0.2, 0) is 4.74 Å². The van der Waals surface area contributed by atoms with Crippen LogP contribution in [0.4, 0.5) is 5.82 Å². The molecule has 0 radical (unpaired) electrons. The summed E-state index contributed by atoms with van der Waals surface area (Å²) in [5.41, 5.74) is 0.182. The summed E-state index contributed by atoms with van der Waals surface area (Å²) < 4.78 is 5.91. The molecule has 0 aliphatic rings. The summed E-state index contributed by atoms with van der Waals surface area (Å²) in [5.74, 6) is 1.62. The second-order valence-corrected chi connectivity index (χ2v) is 5.70. The molecule has 0 saturated heterocycles. The Labute approximate surface area is 111 Å². The number of hydrogen-bond acceptors (Lipinski definition) is 4. The molecule has 0 saturated carbocycles. The van der Waals surface area contributed by atoms with Crippen LogP contribution >= 0.6 is 15.9 Å². The Hall–Kier alpha value is -0.680. The van der Waals surface area contributed by atoms with Gasteiger partial charge in [-0.1, -0.05) is 13.8 Å². The van der Waals surface area contributed by atoms with Gasteiger partial charge >= 0.3 is 0 Å². The molecule has 1 aromatic rings. The van der Waals surface area contributed by atoms with E-state index >= 15 is 0 Å². The second kappa shape index (κ2) is 6.31. The largest absolute Gasteiger partial charge is 0.385 e. The zero-order chi connectivity index (χ0) is 12.9. The Kier molecular flexibility index (Phi) is 5.33. The number of rotatable bonds is 6. The topological polar surface area (TPSA) is 47.0 Å². The lowest BCUT2D eigenvalue weighted by Gasteiger charge is -2.24.